The standard InChI is InChI=1S/C24H31NO6S/c1-24(23(26)27,32(28,29)22-11-9-20(30-2)10-12-22)18-19-7-6-8-21(17-19)31-16-15-25-13-4-3-5-14-25/h6-12,17H,3-5,13-16,18H2,1-2H3,(H,26,27). The summed E-state index contributed by atoms with van der Waals surface area (Å²) in [7, 11) is -2.69. The van der Waals surface area contributed by atoms with Crippen LogP contribution < -0.4 is 9.47 Å². The molecule has 1 aliphatic heterocycles. The van der Waals surface area contributed by atoms with Gasteiger partial charge in [0.25, 0.3) is 0 Å². The van der Waals surface area contributed by atoms with Crippen LogP contribution in [0.4, 0.5) is 0 Å². The first-order valence-corrected chi connectivity index (χ1v) is 12.3. The first kappa shape index (κ1) is 24.1. The monoisotopic (exact) mass is 461 g/mol. The fourth-order valence-corrected chi connectivity index (χ4v) is 5.51. The van der Waals surface area contributed by atoms with Crippen molar-refractivity contribution in [3.05, 3.63) is 54.1 Å². The van der Waals surface area contributed by atoms with Crippen LogP contribution in [0.25, 0.3) is 0 Å². The first-order valence-electron chi connectivity index (χ1n) is 10.8. The lowest BCUT2D eigenvalue weighted by molar-refractivity contribution is -0.139. The SMILES string of the molecule is COc1ccc(S(=O)(=O)C(C)(Cc2cccc(OCCN3CCCCC3)c2)C(=O)O)cc1. The maximum absolute atomic E-state index is 13.3. The highest BCUT2D eigenvalue weighted by Crippen LogP contribution is 2.31. The van der Waals surface area contributed by atoms with Gasteiger partial charge in [-0.1, -0.05) is 18.6 Å². The minimum Gasteiger partial charge on any atom is -0.497 e. The normalized spacial score (nSPS) is 16.8. The number of likely N-dealkylation sites (tertiary alicyclic amines) is 1. The number of aliphatic carboxylic acids is 1. The number of nitrogens with zero attached hydrogens (tertiary/aromatic N) is 1. The summed E-state index contributed by atoms with van der Waals surface area (Å²) in [6.45, 7) is 4.79. The number of carboxylic acids is 1. The molecule has 3 rings (SSSR count). The molecule has 0 spiro atoms. The minimum absolute atomic E-state index is 0.0582. The number of methoxy groups -OCH3 is 1. The summed E-state index contributed by atoms with van der Waals surface area (Å²) in [5.74, 6) is -0.297. The Morgan fingerprint density at radius 3 is 2.38 bits per heavy atom. The first-order chi connectivity index (χ1) is 15.3. The highest BCUT2D eigenvalue weighted by Gasteiger charge is 2.47. The van der Waals surface area contributed by atoms with Crippen molar-refractivity contribution < 1.29 is 27.8 Å². The molecule has 2 aromatic rings. The van der Waals surface area contributed by atoms with Gasteiger partial charge in [0.15, 0.2) is 14.6 Å². The van der Waals surface area contributed by atoms with Gasteiger partial charge in [-0.3, -0.25) is 9.69 Å². The fourth-order valence-electron chi connectivity index (χ4n) is 3.91. The number of carboxylic acid groups (broad SMARTS) is 1. The van der Waals surface area contributed by atoms with Gasteiger partial charge in [-0.05, 0) is 74.8 Å². The van der Waals surface area contributed by atoms with Gasteiger partial charge in [0.1, 0.15) is 18.1 Å². The highest BCUT2D eigenvalue weighted by atomic mass is 32.2. The molecule has 1 fully saturated rings. The Kier molecular flexibility index (Phi) is 7.79. The lowest BCUT2D eigenvalue weighted by Crippen LogP contribution is -2.45. The van der Waals surface area contributed by atoms with Gasteiger partial charge in [-0.15, -0.1) is 0 Å². The summed E-state index contributed by atoms with van der Waals surface area (Å²) in [5.41, 5.74) is 0.586. The number of hydrogen-bond donors (Lipinski definition) is 1. The van der Waals surface area contributed by atoms with E-state index in [0.29, 0.717) is 23.7 Å². The Balaban J connectivity index is 1.74. The fraction of sp³-hybridized carbons (Fsp3) is 0.458. The second-order valence-corrected chi connectivity index (χ2v) is 10.7. The van der Waals surface area contributed by atoms with Crippen LogP contribution in [0.5, 0.6) is 11.5 Å². The van der Waals surface area contributed by atoms with Crippen LogP contribution in [0.3, 0.4) is 0 Å². The van der Waals surface area contributed by atoms with Crippen molar-refractivity contribution in [3.8, 4) is 11.5 Å². The predicted octanol–water partition coefficient (Wildman–Crippen LogP) is 3.42. The Morgan fingerprint density at radius 1 is 1.06 bits per heavy atom. The van der Waals surface area contributed by atoms with Crippen molar-refractivity contribution in [2.24, 2.45) is 0 Å². The maximum Gasteiger partial charge on any atom is 0.325 e. The highest BCUT2D eigenvalue weighted by molar-refractivity contribution is 7.93. The number of rotatable bonds is 10. The average Bonchev–Trinajstić information content (AvgIpc) is 2.80. The van der Waals surface area contributed by atoms with Gasteiger partial charge >= 0.3 is 5.97 Å². The van der Waals surface area contributed by atoms with Gasteiger partial charge in [-0.25, -0.2) is 8.42 Å². The van der Waals surface area contributed by atoms with Crippen LogP contribution >= 0.6 is 0 Å². The van der Waals surface area contributed by atoms with Crippen molar-refractivity contribution in [3.63, 3.8) is 0 Å². The molecule has 0 aliphatic carbocycles. The van der Waals surface area contributed by atoms with Crippen LogP contribution in [-0.2, 0) is 21.1 Å². The van der Waals surface area contributed by atoms with Crippen molar-refractivity contribution in [2.75, 3.05) is 33.4 Å². The van der Waals surface area contributed by atoms with E-state index < -0.39 is 20.6 Å². The molecular weight excluding hydrogens is 430 g/mol. The summed E-state index contributed by atoms with van der Waals surface area (Å²) in [4.78, 5) is 14.5. The zero-order chi connectivity index (χ0) is 23.2. The Hall–Kier alpha value is -2.58. The van der Waals surface area contributed by atoms with E-state index in [1.165, 1.54) is 57.6 Å². The molecule has 1 saturated heterocycles. The average molecular weight is 462 g/mol. The summed E-state index contributed by atoms with van der Waals surface area (Å²) in [6, 6.07) is 12.8. The van der Waals surface area contributed by atoms with E-state index in [0.717, 1.165) is 19.6 Å². The number of carbonyl (C=O) groups is 1. The van der Waals surface area contributed by atoms with Crippen molar-refractivity contribution >= 4 is 15.8 Å². The Bertz CT molecular complexity index is 1020. The zero-order valence-corrected chi connectivity index (χ0v) is 19.4. The van der Waals surface area contributed by atoms with E-state index in [1.807, 2.05) is 0 Å². The van der Waals surface area contributed by atoms with E-state index >= 15 is 0 Å². The molecule has 7 nitrogen and oxygen atoms in total. The molecular formula is C24H31NO6S. The molecule has 1 aliphatic rings. The number of piperidine rings is 1. The summed E-state index contributed by atoms with van der Waals surface area (Å²) in [5, 5.41) is 9.91. The van der Waals surface area contributed by atoms with Gasteiger partial charge < -0.3 is 14.6 Å². The van der Waals surface area contributed by atoms with E-state index in [-0.39, 0.29) is 11.3 Å². The largest absolute Gasteiger partial charge is 0.497 e. The Morgan fingerprint density at radius 2 is 1.75 bits per heavy atom. The zero-order valence-electron chi connectivity index (χ0n) is 18.6. The van der Waals surface area contributed by atoms with Crippen molar-refractivity contribution in [2.45, 2.75) is 42.2 Å². The van der Waals surface area contributed by atoms with E-state index in [9.17, 15) is 18.3 Å². The topological polar surface area (TPSA) is 93.1 Å². The van der Waals surface area contributed by atoms with E-state index in [1.54, 1.807) is 24.3 Å². The molecule has 1 N–H and O–H groups in total. The van der Waals surface area contributed by atoms with Crippen LogP contribution in [-0.4, -0.2) is 62.5 Å². The van der Waals surface area contributed by atoms with E-state index in [2.05, 4.69) is 4.90 Å². The Labute approximate surface area is 189 Å². The molecule has 8 heteroatoms. The van der Waals surface area contributed by atoms with Crippen molar-refractivity contribution in [1.82, 2.24) is 4.90 Å². The maximum atomic E-state index is 13.3. The molecule has 0 aromatic heterocycles. The molecule has 2 aromatic carbocycles. The van der Waals surface area contributed by atoms with Crippen LogP contribution in [0.2, 0.25) is 0 Å². The van der Waals surface area contributed by atoms with Crippen LogP contribution in [0.1, 0.15) is 31.7 Å². The van der Waals surface area contributed by atoms with Crippen LogP contribution in [0, 0.1) is 0 Å². The van der Waals surface area contributed by atoms with Gasteiger partial charge in [0.05, 0.1) is 12.0 Å². The molecule has 174 valence electrons. The number of ether oxygens (including phenoxy) is 2. The molecule has 0 bridgehead atoms. The number of benzene rings is 2. The third-order valence-corrected chi connectivity index (χ3v) is 8.38. The molecule has 1 unspecified atom stereocenters. The van der Waals surface area contributed by atoms with Gasteiger partial charge in [0.2, 0.25) is 0 Å². The molecule has 1 heterocycles. The van der Waals surface area contributed by atoms with Gasteiger partial charge in [0, 0.05) is 13.0 Å². The van der Waals surface area contributed by atoms with Gasteiger partial charge in [-0.2, -0.15) is 0 Å². The molecule has 1 atom stereocenters. The lowest BCUT2D eigenvalue weighted by atomic mass is 10.0. The molecule has 0 saturated carbocycles. The number of hydrogen-bond acceptors (Lipinski definition) is 6. The predicted molar refractivity (Wildman–Crippen MR) is 122 cm³/mol. The van der Waals surface area contributed by atoms with Crippen molar-refractivity contribution in [1.29, 1.82) is 0 Å². The lowest BCUT2D eigenvalue weighted by Gasteiger charge is -2.26. The summed E-state index contributed by atoms with van der Waals surface area (Å²) < 4.78 is 35.4. The molecule has 0 radical (unpaired) electrons. The molecule has 32 heavy (non-hydrogen) atoms. The molecule has 0 amide bonds. The van der Waals surface area contributed by atoms with Crippen LogP contribution in [0.15, 0.2) is 53.4 Å². The number of sulfone groups is 1. The summed E-state index contributed by atoms with van der Waals surface area (Å²) in [6.07, 6.45) is 3.53. The smallest absolute Gasteiger partial charge is 0.325 e. The van der Waals surface area contributed by atoms with E-state index in [4.69, 9.17) is 9.47 Å². The minimum atomic E-state index is -4.17. The third kappa shape index (κ3) is 5.42. The summed E-state index contributed by atoms with van der Waals surface area (Å²) >= 11 is 0. The second kappa shape index (κ2) is 10.4. The second-order valence-electron chi connectivity index (χ2n) is 8.29. The quantitative estimate of drug-likeness (QED) is 0.579. The third-order valence-electron chi connectivity index (χ3n) is 5.98.